The molecule has 178 valence electrons. The quantitative estimate of drug-likeness (QED) is 0.604. The van der Waals surface area contributed by atoms with Gasteiger partial charge in [0, 0.05) is 45.8 Å². The molecule has 3 aliphatic rings. The summed E-state index contributed by atoms with van der Waals surface area (Å²) in [5, 5.41) is 0. The molecule has 0 radical (unpaired) electrons. The number of sulfonamides is 2. The van der Waals surface area contributed by atoms with Crippen molar-refractivity contribution in [3.8, 4) is 11.5 Å². The topological polar surface area (TPSA) is 96.5 Å². The lowest BCUT2D eigenvalue weighted by atomic mass is 10.2. The van der Waals surface area contributed by atoms with E-state index < -0.39 is 20.0 Å². The Hall–Kier alpha value is -2.18. The van der Waals surface area contributed by atoms with E-state index >= 15 is 0 Å². The molecule has 3 aliphatic heterocycles. The smallest absolute Gasteiger partial charge is 0.243 e. The van der Waals surface area contributed by atoms with Gasteiger partial charge in [-0.05, 0) is 54.8 Å². The number of fused-ring (bicyclic) bond motifs is 1. The first-order valence-electron chi connectivity index (χ1n) is 11.1. The SMILES string of the molecule is O=S(=O)(c1ccc(S(=O)(=O)N2CCN(Cc3ccc4c(c3)OCO4)CC2)cc1)N1CCCC1. The first-order valence-corrected chi connectivity index (χ1v) is 13.9. The van der Waals surface area contributed by atoms with Crippen LogP contribution in [0.3, 0.4) is 0 Å². The molecule has 0 aromatic heterocycles. The molecule has 0 unspecified atom stereocenters. The fourth-order valence-corrected chi connectivity index (χ4v) is 7.37. The normalized spacial score (nSPS) is 20.4. The van der Waals surface area contributed by atoms with Gasteiger partial charge in [-0.15, -0.1) is 0 Å². The number of piperazine rings is 1. The van der Waals surface area contributed by atoms with Crippen LogP contribution in [0.15, 0.2) is 52.3 Å². The van der Waals surface area contributed by atoms with Gasteiger partial charge in [-0.3, -0.25) is 4.90 Å². The Kier molecular flexibility index (Phi) is 6.08. The average Bonchev–Trinajstić information content (AvgIpc) is 3.52. The minimum atomic E-state index is -3.69. The largest absolute Gasteiger partial charge is 0.454 e. The number of rotatable bonds is 6. The molecule has 33 heavy (non-hydrogen) atoms. The minimum absolute atomic E-state index is 0.118. The van der Waals surface area contributed by atoms with Crippen molar-refractivity contribution in [1.82, 2.24) is 13.5 Å². The van der Waals surface area contributed by atoms with Gasteiger partial charge in [0.2, 0.25) is 26.8 Å². The molecule has 0 saturated carbocycles. The van der Waals surface area contributed by atoms with Crippen molar-refractivity contribution in [2.45, 2.75) is 29.2 Å². The lowest BCUT2D eigenvalue weighted by molar-refractivity contribution is 0.173. The van der Waals surface area contributed by atoms with Crippen LogP contribution in [0.1, 0.15) is 18.4 Å². The van der Waals surface area contributed by atoms with Crippen LogP contribution in [0.2, 0.25) is 0 Å². The van der Waals surface area contributed by atoms with E-state index in [2.05, 4.69) is 4.90 Å². The predicted molar refractivity (Wildman–Crippen MR) is 121 cm³/mol. The third-order valence-corrected chi connectivity index (χ3v) is 10.2. The van der Waals surface area contributed by atoms with Gasteiger partial charge in [0.25, 0.3) is 0 Å². The predicted octanol–water partition coefficient (Wildman–Crippen LogP) is 1.71. The van der Waals surface area contributed by atoms with Crippen LogP contribution >= 0.6 is 0 Å². The van der Waals surface area contributed by atoms with E-state index in [1.54, 1.807) is 0 Å². The first-order chi connectivity index (χ1) is 15.8. The molecule has 0 amide bonds. The Balaban J connectivity index is 1.22. The zero-order valence-electron chi connectivity index (χ0n) is 18.2. The van der Waals surface area contributed by atoms with E-state index in [9.17, 15) is 16.8 Å². The molecule has 2 aromatic rings. The van der Waals surface area contributed by atoms with Gasteiger partial charge in [-0.2, -0.15) is 8.61 Å². The third-order valence-electron chi connectivity index (χ3n) is 6.34. The van der Waals surface area contributed by atoms with Crippen molar-refractivity contribution in [2.24, 2.45) is 0 Å². The lowest BCUT2D eigenvalue weighted by Crippen LogP contribution is -2.48. The monoisotopic (exact) mass is 493 g/mol. The second-order valence-electron chi connectivity index (χ2n) is 8.45. The van der Waals surface area contributed by atoms with Gasteiger partial charge in [0.15, 0.2) is 11.5 Å². The number of nitrogens with zero attached hydrogens (tertiary/aromatic N) is 3. The van der Waals surface area contributed by atoms with Crippen LogP contribution in [-0.4, -0.2) is 76.4 Å². The molecule has 2 fully saturated rings. The fourth-order valence-electron chi connectivity index (χ4n) is 4.44. The second-order valence-corrected chi connectivity index (χ2v) is 12.3. The average molecular weight is 494 g/mol. The first kappa shape index (κ1) is 22.6. The van der Waals surface area contributed by atoms with Crippen LogP contribution in [0.25, 0.3) is 0 Å². The van der Waals surface area contributed by atoms with Crippen LogP contribution in [0, 0.1) is 0 Å². The molecule has 2 aromatic carbocycles. The highest BCUT2D eigenvalue weighted by Crippen LogP contribution is 2.33. The van der Waals surface area contributed by atoms with Crippen LogP contribution < -0.4 is 9.47 Å². The van der Waals surface area contributed by atoms with Gasteiger partial charge in [-0.1, -0.05) is 6.07 Å². The van der Waals surface area contributed by atoms with E-state index in [0.717, 1.165) is 29.9 Å². The zero-order valence-corrected chi connectivity index (χ0v) is 19.9. The molecule has 0 N–H and O–H groups in total. The van der Waals surface area contributed by atoms with E-state index in [0.29, 0.717) is 45.8 Å². The van der Waals surface area contributed by atoms with Crippen molar-refractivity contribution in [1.29, 1.82) is 0 Å². The van der Waals surface area contributed by atoms with Crippen LogP contribution in [0.5, 0.6) is 11.5 Å². The maximum absolute atomic E-state index is 13.1. The van der Waals surface area contributed by atoms with Crippen molar-refractivity contribution in [3.05, 3.63) is 48.0 Å². The van der Waals surface area contributed by atoms with Gasteiger partial charge in [0.1, 0.15) is 0 Å². The minimum Gasteiger partial charge on any atom is -0.454 e. The molecule has 3 heterocycles. The highest BCUT2D eigenvalue weighted by Gasteiger charge is 2.31. The standard InChI is InChI=1S/C22H27N3O6S2/c26-32(27,24-9-1-2-10-24)19-4-6-20(7-5-19)33(28,29)25-13-11-23(12-14-25)16-18-3-8-21-22(15-18)31-17-30-21/h3-8,15H,1-2,9-14,16-17H2. The van der Waals surface area contributed by atoms with Gasteiger partial charge in [-0.25, -0.2) is 16.8 Å². The zero-order chi connectivity index (χ0) is 23.1. The van der Waals surface area contributed by atoms with Crippen molar-refractivity contribution in [3.63, 3.8) is 0 Å². The number of benzene rings is 2. The molecule has 0 aliphatic carbocycles. The highest BCUT2D eigenvalue weighted by atomic mass is 32.2. The Morgan fingerprint density at radius 2 is 1.21 bits per heavy atom. The maximum Gasteiger partial charge on any atom is 0.243 e. The Labute approximate surface area is 194 Å². The molecule has 2 saturated heterocycles. The lowest BCUT2D eigenvalue weighted by Gasteiger charge is -2.34. The Morgan fingerprint density at radius 3 is 1.82 bits per heavy atom. The molecular formula is C22H27N3O6S2. The number of hydrogen-bond acceptors (Lipinski definition) is 7. The van der Waals surface area contributed by atoms with E-state index in [4.69, 9.17) is 9.47 Å². The summed E-state index contributed by atoms with van der Waals surface area (Å²) in [6.07, 6.45) is 1.71. The summed E-state index contributed by atoms with van der Waals surface area (Å²) in [6, 6.07) is 11.4. The maximum atomic E-state index is 13.1. The van der Waals surface area contributed by atoms with Crippen molar-refractivity contribution < 1.29 is 26.3 Å². The van der Waals surface area contributed by atoms with E-state index in [-0.39, 0.29) is 16.6 Å². The van der Waals surface area contributed by atoms with Crippen molar-refractivity contribution in [2.75, 3.05) is 46.1 Å². The second kappa shape index (κ2) is 8.88. The van der Waals surface area contributed by atoms with Crippen LogP contribution in [0.4, 0.5) is 0 Å². The number of ether oxygens (including phenoxy) is 2. The molecule has 11 heteroatoms. The summed E-state index contributed by atoms with van der Waals surface area (Å²) in [5.74, 6) is 1.48. The fraction of sp³-hybridized carbons (Fsp3) is 0.455. The summed E-state index contributed by atoms with van der Waals surface area (Å²) in [4.78, 5) is 2.46. The van der Waals surface area contributed by atoms with E-state index in [1.807, 2.05) is 18.2 Å². The third kappa shape index (κ3) is 4.47. The number of hydrogen-bond donors (Lipinski definition) is 0. The Morgan fingerprint density at radius 1 is 0.667 bits per heavy atom. The van der Waals surface area contributed by atoms with Crippen LogP contribution in [-0.2, 0) is 26.6 Å². The molecule has 0 bridgehead atoms. The summed E-state index contributed by atoms with van der Waals surface area (Å²) < 4.78 is 65.3. The van der Waals surface area contributed by atoms with Crippen molar-refractivity contribution >= 4 is 20.0 Å². The summed E-state index contributed by atoms with van der Waals surface area (Å²) in [5.41, 5.74) is 1.09. The van der Waals surface area contributed by atoms with Gasteiger partial charge >= 0.3 is 0 Å². The summed E-state index contributed by atoms with van der Waals surface area (Å²) >= 11 is 0. The molecule has 0 spiro atoms. The molecule has 5 rings (SSSR count). The summed E-state index contributed by atoms with van der Waals surface area (Å²) in [6.45, 7) is 3.93. The van der Waals surface area contributed by atoms with Gasteiger partial charge in [0.05, 0.1) is 9.79 Å². The van der Waals surface area contributed by atoms with E-state index in [1.165, 1.54) is 32.9 Å². The highest BCUT2D eigenvalue weighted by molar-refractivity contribution is 7.89. The summed E-state index contributed by atoms with van der Waals surface area (Å²) in [7, 11) is -7.25. The molecular weight excluding hydrogens is 466 g/mol. The Bertz CT molecular complexity index is 1220. The molecule has 9 nitrogen and oxygen atoms in total. The molecule has 0 atom stereocenters. The van der Waals surface area contributed by atoms with Gasteiger partial charge < -0.3 is 9.47 Å².